The van der Waals surface area contributed by atoms with Gasteiger partial charge in [0.15, 0.2) is 0 Å². The lowest BCUT2D eigenvalue weighted by Gasteiger charge is -2.28. The van der Waals surface area contributed by atoms with Gasteiger partial charge in [0, 0.05) is 6.04 Å². The zero-order valence-corrected chi connectivity index (χ0v) is 9.49. The van der Waals surface area contributed by atoms with Crippen molar-refractivity contribution in [3.8, 4) is 5.75 Å². The Bertz CT molecular complexity index is 316. The first-order chi connectivity index (χ1) is 7.29. The van der Waals surface area contributed by atoms with Gasteiger partial charge in [-0.3, -0.25) is 0 Å². The first-order valence-electron chi connectivity index (χ1n) is 5.67. The van der Waals surface area contributed by atoms with Crippen LogP contribution in [0.1, 0.15) is 31.4 Å². The summed E-state index contributed by atoms with van der Waals surface area (Å²) in [6.07, 6.45) is 2.54. The molecular weight excluding hydrogens is 186 g/mol. The molecule has 2 heteroatoms. The van der Waals surface area contributed by atoms with Crippen molar-refractivity contribution in [3.63, 3.8) is 0 Å². The van der Waals surface area contributed by atoms with Crippen LogP contribution in [0.4, 0.5) is 0 Å². The van der Waals surface area contributed by atoms with Crippen molar-refractivity contribution in [2.75, 3.05) is 13.7 Å². The van der Waals surface area contributed by atoms with Gasteiger partial charge in [-0.1, -0.05) is 19.1 Å². The maximum atomic E-state index is 5.24. The lowest BCUT2D eigenvalue weighted by molar-refractivity contribution is 0.332. The summed E-state index contributed by atoms with van der Waals surface area (Å²) in [6.45, 7) is 3.43. The van der Waals surface area contributed by atoms with Gasteiger partial charge in [0.1, 0.15) is 5.75 Å². The van der Waals surface area contributed by atoms with Crippen LogP contribution in [0.3, 0.4) is 0 Å². The van der Waals surface area contributed by atoms with Gasteiger partial charge in [0.2, 0.25) is 0 Å². The second-order valence-corrected chi connectivity index (χ2v) is 4.42. The Balaban J connectivity index is 2.08. The molecule has 1 fully saturated rings. The molecule has 0 aliphatic carbocycles. The number of hydrogen-bond acceptors (Lipinski definition) is 2. The van der Waals surface area contributed by atoms with Crippen molar-refractivity contribution in [2.24, 2.45) is 5.92 Å². The number of ether oxygens (including phenoxy) is 1. The summed E-state index contributed by atoms with van der Waals surface area (Å²) < 4.78 is 5.24. The van der Waals surface area contributed by atoms with Gasteiger partial charge < -0.3 is 10.1 Å². The van der Waals surface area contributed by atoms with Gasteiger partial charge >= 0.3 is 0 Å². The molecule has 0 aromatic heterocycles. The summed E-state index contributed by atoms with van der Waals surface area (Å²) in [5.74, 6) is 1.76. The van der Waals surface area contributed by atoms with Gasteiger partial charge in [-0.2, -0.15) is 0 Å². The molecule has 82 valence electrons. The SMILES string of the molecule is COc1cccc(C2CCC(C)CN2)c1. The van der Waals surface area contributed by atoms with Crippen molar-refractivity contribution in [1.29, 1.82) is 0 Å². The molecule has 2 nitrogen and oxygen atoms in total. The van der Waals surface area contributed by atoms with Crippen LogP contribution >= 0.6 is 0 Å². The van der Waals surface area contributed by atoms with Crippen molar-refractivity contribution in [1.82, 2.24) is 5.32 Å². The minimum Gasteiger partial charge on any atom is -0.497 e. The molecule has 2 rings (SSSR count). The van der Waals surface area contributed by atoms with E-state index in [0.717, 1.165) is 18.2 Å². The van der Waals surface area contributed by atoms with Crippen LogP contribution in [-0.4, -0.2) is 13.7 Å². The fourth-order valence-corrected chi connectivity index (χ4v) is 2.14. The lowest BCUT2D eigenvalue weighted by atomic mass is 9.92. The number of benzene rings is 1. The molecule has 0 saturated carbocycles. The molecule has 1 saturated heterocycles. The topological polar surface area (TPSA) is 21.3 Å². The van der Waals surface area contributed by atoms with Crippen LogP contribution in [0.15, 0.2) is 24.3 Å². The van der Waals surface area contributed by atoms with Crippen molar-refractivity contribution < 1.29 is 4.74 Å². The summed E-state index contributed by atoms with van der Waals surface area (Å²) in [7, 11) is 1.72. The predicted molar refractivity (Wildman–Crippen MR) is 62.1 cm³/mol. The van der Waals surface area contributed by atoms with Gasteiger partial charge in [0.25, 0.3) is 0 Å². The van der Waals surface area contributed by atoms with E-state index in [1.807, 2.05) is 6.07 Å². The van der Waals surface area contributed by atoms with Crippen LogP contribution in [0.5, 0.6) is 5.75 Å². The number of hydrogen-bond donors (Lipinski definition) is 1. The molecule has 15 heavy (non-hydrogen) atoms. The van der Waals surface area contributed by atoms with Crippen molar-refractivity contribution >= 4 is 0 Å². The molecule has 1 N–H and O–H groups in total. The zero-order valence-electron chi connectivity index (χ0n) is 9.49. The standard InChI is InChI=1S/C13H19NO/c1-10-6-7-13(14-9-10)11-4-3-5-12(8-11)15-2/h3-5,8,10,13-14H,6-7,9H2,1-2H3. The Kier molecular flexibility index (Phi) is 3.27. The molecule has 2 atom stereocenters. The van der Waals surface area contributed by atoms with Crippen molar-refractivity contribution in [3.05, 3.63) is 29.8 Å². The molecule has 0 amide bonds. The fraction of sp³-hybridized carbons (Fsp3) is 0.538. The Morgan fingerprint density at radius 2 is 2.20 bits per heavy atom. The Morgan fingerprint density at radius 1 is 1.33 bits per heavy atom. The van der Waals surface area contributed by atoms with E-state index >= 15 is 0 Å². The first-order valence-corrected chi connectivity index (χ1v) is 5.67. The molecule has 1 heterocycles. The Labute approximate surface area is 91.6 Å². The highest BCUT2D eigenvalue weighted by molar-refractivity contribution is 5.30. The summed E-state index contributed by atoms with van der Waals surface area (Å²) in [5, 5.41) is 3.58. The lowest BCUT2D eigenvalue weighted by Crippen LogP contribution is -2.31. The highest BCUT2D eigenvalue weighted by atomic mass is 16.5. The van der Waals surface area contributed by atoms with E-state index in [1.54, 1.807) is 7.11 Å². The predicted octanol–water partition coefficient (Wildman–Crippen LogP) is 2.76. The normalized spacial score (nSPS) is 26.3. The average Bonchev–Trinajstić information content (AvgIpc) is 2.30. The van der Waals surface area contributed by atoms with Gasteiger partial charge in [-0.05, 0) is 43.0 Å². The van der Waals surface area contributed by atoms with E-state index in [9.17, 15) is 0 Å². The molecule has 0 radical (unpaired) electrons. The third-order valence-electron chi connectivity index (χ3n) is 3.16. The van der Waals surface area contributed by atoms with E-state index in [-0.39, 0.29) is 0 Å². The van der Waals surface area contributed by atoms with Crippen LogP contribution in [0.2, 0.25) is 0 Å². The van der Waals surface area contributed by atoms with Gasteiger partial charge in [-0.25, -0.2) is 0 Å². The van der Waals surface area contributed by atoms with Crippen LogP contribution in [0, 0.1) is 5.92 Å². The summed E-state index contributed by atoms with van der Waals surface area (Å²) in [5.41, 5.74) is 1.35. The van der Waals surface area contributed by atoms with E-state index in [1.165, 1.54) is 18.4 Å². The molecule has 1 aromatic carbocycles. The quantitative estimate of drug-likeness (QED) is 0.801. The number of rotatable bonds is 2. The van der Waals surface area contributed by atoms with Crippen LogP contribution in [-0.2, 0) is 0 Å². The average molecular weight is 205 g/mol. The molecule has 1 aliphatic heterocycles. The minimum absolute atomic E-state index is 0.510. The number of methoxy groups -OCH3 is 1. The van der Waals surface area contributed by atoms with E-state index < -0.39 is 0 Å². The molecule has 2 unspecified atom stereocenters. The number of nitrogens with one attached hydrogen (secondary N) is 1. The molecule has 1 aromatic rings. The molecule has 1 aliphatic rings. The second-order valence-electron chi connectivity index (χ2n) is 4.42. The van der Waals surface area contributed by atoms with E-state index in [2.05, 4.69) is 30.4 Å². The third kappa shape index (κ3) is 2.51. The largest absolute Gasteiger partial charge is 0.497 e. The maximum absolute atomic E-state index is 5.24. The van der Waals surface area contributed by atoms with E-state index in [0.29, 0.717) is 6.04 Å². The highest BCUT2D eigenvalue weighted by Gasteiger charge is 2.18. The second kappa shape index (κ2) is 4.67. The van der Waals surface area contributed by atoms with E-state index in [4.69, 9.17) is 4.74 Å². The first kappa shape index (κ1) is 10.5. The summed E-state index contributed by atoms with van der Waals surface area (Å²) in [6, 6.07) is 8.88. The third-order valence-corrected chi connectivity index (χ3v) is 3.16. The Hall–Kier alpha value is -1.02. The molecule has 0 spiro atoms. The van der Waals surface area contributed by atoms with Gasteiger partial charge in [-0.15, -0.1) is 0 Å². The summed E-state index contributed by atoms with van der Waals surface area (Å²) in [4.78, 5) is 0. The Morgan fingerprint density at radius 3 is 2.87 bits per heavy atom. The zero-order chi connectivity index (χ0) is 10.7. The highest BCUT2D eigenvalue weighted by Crippen LogP contribution is 2.27. The molecule has 0 bridgehead atoms. The summed E-state index contributed by atoms with van der Waals surface area (Å²) >= 11 is 0. The van der Waals surface area contributed by atoms with Crippen LogP contribution in [0.25, 0.3) is 0 Å². The fourth-order valence-electron chi connectivity index (χ4n) is 2.14. The molecular formula is C13H19NO. The van der Waals surface area contributed by atoms with Gasteiger partial charge in [0.05, 0.1) is 7.11 Å². The van der Waals surface area contributed by atoms with Crippen LogP contribution < -0.4 is 10.1 Å². The van der Waals surface area contributed by atoms with Crippen molar-refractivity contribution in [2.45, 2.75) is 25.8 Å². The minimum atomic E-state index is 0.510. The smallest absolute Gasteiger partial charge is 0.119 e. The monoisotopic (exact) mass is 205 g/mol. The maximum Gasteiger partial charge on any atom is 0.119 e. The number of piperidine rings is 1.